The highest BCUT2D eigenvalue weighted by atomic mass is 16.2. The lowest BCUT2D eigenvalue weighted by molar-refractivity contribution is 0.178. The Bertz CT molecular complexity index is 926. The molecule has 1 aliphatic carbocycles. The van der Waals surface area contributed by atoms with Crippen LogP contribution in [0.3, 0.4) is 0 Å². The molecule has 2 fully saturated rings. The van der Waals surface area contributed by atoms with Gasteiger partial charge >= 0.3 is 6.03 Å². The summed E-state index contributed by atoms with van der Waals surface area (Å²) in [6, 6.07) is 8.22. The number of likely N-dealkylation sites (tertiary alicyclic amines) is 1. The van der Waals surface area contributed by atoms with Crippen LogP contribution < -0.4 is 10.9 Å². The number of H-pyrrole nitrogens is 1. The van der Waals surface area contributed by atoms with Gasteiger partial charge in [0, 0.05) is 30.2 Å². The summed E-state index contributed by atoms with van der Waals surface area (Å²) < 4.78 is 0. The number of urea groups is 1. The van der Waals surface area contributed by atoms with E-state index in [0.29, 0.717) is 18.7 Å². The summed E-state index contributed by atoms with van der Waals surface area (Å²) in [5, 5.41) is 4.24. The first-order valence-electron chi connectivity index (χ1n) is 11.5. The molecular formula is C24H34N4O2. The Kier molecular flexibility index (Phi) is 6.72. The van der Waals surface area contributed by atoms with Crippen molar-refractivity contribution in [3.63, 3.8) is 0 Å². The number of aromatic nitrogens is 1. The van der Waals surface area contributed by atoms with Crippen LogP contribution in [0.4, 0.5) is 4.79 Å². The van der Waals surface area contributed by atoms with Crippen molar-refractivity contribution in [3.05, 3.63) is 45.7 Å². The van der Waals surface area contributed by atoms with Crippen molar-refractivity contribution >= 4 is 16.9 Å². The highest BCUT2D eigenvalue weighted by molar-refractivity contribution is 5.80. The Morgan fingerprint density at radius 3 is 2.67 bits per heavy atom. The summed E-state index contributed by atoms with van der Waals surface area (Å²) in [6.07, 6.45) is 8.21. The molecule has 6 nitrogen and oxygen atoms in total. The third-order valence-electron chi connectivity index (χ3n) is 6.54. The average Bonchev–Trinajstić information content (AvgIpc) is 3.25. The first kappa shape index (κ1) is 20.9. The molecular weight excluding hydrogens is 376 g/mol. The lowest BCUT2D eigenvalue weighted by Crippen LogP contribution is -2.47. The number of benzene rings is 1. The van der Waals surface area contributed by atoms with Crippen molar-refractivity contribution in [1.29, 1.82) is 0 Å². The van der Waals surface area contributed by atoms with E-state index in [1.54, 1.807) is 0 Å². The van der Waals surface area contributed by atoms with E-state index < -0.39 is 0 Å². The quantitative estimate of drug-likeness (QED) is 0.762. The molecule has 0 atom stereocenters. The number of hydrogen-bond acceptors (Lipinski definition) is 3. The van der Waals surface area contributed by atoms with Crippen LogP contribution in [-0.4, -0.2) is 53.0 Å². The molecule has 162 valence electrons. The highest BCUT2D eigenvalue weighted by Gasteiger charge is 2.22. The molecule has 0 bridgehead atoms. The normalized spacial score (nSPS) is 18.0. The van der Waals surface area contributed by atoms with E-state index in [1.807, 2.05) is 36.1 Å². The van der Waals surface area contributed by atoms with Crippen LogP contribution in [0.1, 0.15) is 56.1 Å². The summed E-state index contributed by atoms with van der Waals surface area (Å²) >= 11 is 0. The number of aromatic amines is 1. The fourth-order valence-electron chi connectivity index (χ4n) is 4.72. The van der Waals surface area contributed by atoms with E-state index in [-0.39, 0.29) is 17.6 Å². The van der Waals surface area contributed by atoms with Crippen LogP contribution in [0.5, 0.6) is 0 Å². The lowest BCUT2D eigenvalue weighted by Gasteiger charge is -2.29. The van der Waals surface area contributed by atoms with Gasteiger partial charge < -0.3 is 20.1 Å². The van der Waals surface area contributed by atoms with Gasteiger partial charge in [-0.25, -0.2) is 4.79 Å². The van der Waals surface area contributed by atoms with Gasteiger partial charge in [-0.3, -0.25) is 4.79 Å². The molecule has 2 aliphatic rings. The summed E-state index contributed by atoms with van der Waals surface area (Å²) in [5.74, 6) is 0. The third-order valence-corrected chi connectivity index (χ3v) is 6.54. The Balaban J connectivity index is 1.51. The minimum Gasteiger partial charge on any atom is -0.335 e. The van der Waals surface area contributed by atoms with Gasteiger partial charge in [0.05, 0.1) is 6.54 Å². The molecule has 0 unspecified atom stereocenters. The molecule has 2 heterocycles. The van der Waals surface area contributed by atoms with Gasteiger partial charge in [-0.05, 0) is 68.8 Å². The molecule has 1 saturated carbocycles. The zero-order valence-corrected chi connectivity index (χ0v) is 18.1. The average molecular weight is 411 g/mol. The first-order chi connectivity index (χ1) is 14.6. The lowest BCUT2D eigenvalue weighted by atomic mass is 9.96. The highest BCUT2D eigenvalue weighted by Crippen LogP contribution is 2.18. The van der Waals surface area contributed by atoms with Crippen LogP contribution in [0.15, 0.2) is 29.1 Å². The van der Waals surface area contributed by atoms with Crippen molar-refractivity contribution in [2.24, 2.45) is 0 Å². The SMILES string of the molecule is Cc1ccc2cc(CN(CCN3CCCC3)C(=O)NC3CCCCC3)c(=O)[nH]c2c1. The molecule has 4 rings (SSSR count). The predicted octanol–water partition coefficient (Wildman–Crippen LogP) is 3.78. The molecule has 1 aromatic heterocycles. The largest absolute Gasteiger partial charge is 0.335 e. The third kappa shape index (κ3) is 5.22. The van der Waals surface area contributed by atoms with Gasteiger partial charge in [-0.2, -0.15) is 0 Å². The van der Waals surface area contributed by atoms with Crippen molar-refractivity contribution < 1.29 is 4.79 Å². The number of amides is 2. The van der Waals surface area contributed by atoms with E-state index in [9.17, 15) is 9.59 Å². The summed E-state index contributed by atoms with van der Waals surface area (Å²) in [7, 11) is 0. The van der Waals surface area contributed by atoms with Crippen LogP contribution in [0.25, 0.3) is 10.9 Å². The number of carbonyl (C=O) groups excluding carboxylic acids is 1. The Labute approximate surface area is 178 Å². The molecule has 2 aromatic rings. The Hall–Kier alpha value is -2.34. The zero-order valence-electron chi connectivity index (χ0n) is 18.1. The number of carbonyl (C=O) groups is 1. The molecule has 1 saturated heterocycles. The molecule has 6 heteroatoms. The number of nitrogens with zero attached hydrogens (tertiary/aromatic N) is 2. The number of nitrogens with one attached hydrogen (secondary N) is 2. The molecule has 2 N–H and O–H groups in total. The molecule has 2 amide bonds. The number of pyridine rings is 1. The van der Waals surface area contributed by atoms with Crippen molar-refractivity contribution in [2.45, 2.75) is 64.5 Å². The first-order valence-corrected chi connectivity index (χ1v) is 11.5. The van der Waals surface area contributed by atoms with Crippen molar-refractivity contribution in [1.82, 2.24) is 20.1 Å². The van der Waals surface area contributed by atoms with Crippen molar-refractivity contribution in [2.75, 3.05) is 26.2 Å². The second-order valence-electron chi connectivity index (χ2n) is 8.97. The predicted molar refractivity (Wildman–Crippen MR) is 121 cm³/mol. The van der Waals surface area contributed by atoms with Gasteiger partial charge in [0.2, 0.25) is 0 Å². The van der Waals surface area contributed by atoms with Gasteiger partial charge in [0.25, 0.3) is 5.56 Å². The Morgan fingerprint density at radius 2 is 1.90 bits per heavy atom. The minimum atomic E-state index is -0.107. The number of aryl methyl sites for hydroxylation is 1. The maximum Gasteiger partial charge on any atom is 0.317 e. The molecule has 0 spiro atoms. The maximum atomic E-state index is 13.1. The summed E-state index contributed by atoms with van der Waals surface area (Å²) in [6.45, 7) is 6.07. The molecule has 30 heavy (non-hydrogen) atoms. The molecule has 0 radical (unpaired) electrons. The molecule has 1 aromatic carbocycles. The van der Waals surface area contributed by atoms with E-state index in [1.165, 1.54) is 32.1 Å². The smallest absolute Gasteiger partial charge is 0.317 e. The van der Waals surface area contributed by atoms with E-state index >= 15 is 0 Å². The summed E-state index contributed by atoms with van der Waals surface area (Å²) in [5.41, 5.74) is 2.50. The van der Waals surface area contributed by atoms with E-state index in [4.69, 9.17) is 0 Å². The topological polar surface area (TPSA) is 68.4 Å². The molecule has 1 aliphatic heterocycles. The van der Waals surface area contributed by atoms with Crippen molar-refractivity contribution in [3.8, 4) is 0 Å². The van der Waals surface area contributed by atoms with Crippen LogP contribution in [0.2, 0.25) is 0 Å². The standard InChI is InChI=1S/C24H34N4O2/c1-18-9-10-19-16-20(23(29)26-22(19)15-18)17-28(14-13-27-11-5-6-12-27)24(30)25-21-7-3-2-4-8-21/h9-10,15-16,21H,2-8,11-14,17H2,1H3,(H,25,30)(H,26,29). The van der Waals surface area contributed by atoms with Crippen LogP contribution >= 0.6 is 0 Å². The fraction of sp³-hybridized carbons (Fsp3) is 0.583. The summed E-state index contributed by atoms with van der Waals surface area (Å²) in [4.78, 5) is 33.1. The van der Waals surface area contributed by atoms with Gasteiger partial charge in [-0.15, -0.1) is 0 Å². The fourth-order valence-corrected chi connectivity index (χ4v) is 4.72. The number of hydrogen-bond donors (Lipinski definition) is 2. The van der Waals surface area contributed by atoms with E-state index in [0.717, 1.165) is 48.9 Å². The van der Waals surface area contributed by atoms with E-state index in [2.05, 4.69) is 15.2 Å². The van der Waals surface area contributed by atoms with Crippen LogP contribution in [0, 0.1) is 6.92 Å². The monoisotopic (exact) mass is 410 g/mol. The van der Waals surface area contributed by atoms with Gasteiger partial charge in [0.1, 0.15) is 0 Å². The van der Waals surface area contributed by atoms with Crippen LogP contribution in [-0.2, 0) is 6.54 Å². The zero-order chi connectivity index (χ0) is 20.9. The Morgan fingerprint density at radius 1 is 1.13 bits per heavy atom. The van der Waals surface area contributed by atoms with Gasteiger partial charge in [0.15, 0.2) is 0 Å². The maximum absolute atomic E-state index is 13.1. The number of fused-ring (bicyclic) bond motifs is 1. The minimum absolute atomic E-state index is 0.0375. The second-order valence-corrected chi connectivity index (χ2v) is 8.97. The number of rotatable bonds is 6. The van der Waals surface area contributed by atoms with Gasteiger partial charge in [-0.1, -0.05) is 31.4 Å². The second kappa shape index (κ2) is 9.65.